The molecule has 2 aromatic heterocycles. The minimum absolute atomic E-state index is 0.0148. The summed E-state index contributed by atoms with van der Waals surface area (Å²) >= 11 is 0. The van der Waals surface area contributed by atoms with Gasteiger partial charge in [-0.25, -0.2) is 4.98 Å². The summed E-state index contributed by atoms with van der Waals surface area (Å²) < 4.78 is 18.7. The van der Waals surface area contributed by atoms with E-state index in [0.29, 0.717) is 44.4 Å². The summed E-state index contributed by atoms with van der Waals surface area (Å²) in [6.45, 7) is 2.90. The van der Waals surface area contributed by atoms with Crippen LogP contribution in [-0.2, 0) is 16.0 Å². The van der Waals surface area contributed by atoms with E-state index in [4.69, 9.17) is 14.2 Å². The molecule has 0 bridgehead atoms. The van der Waals surface area contributed by atoms with Crippen LogP contribution in [0.4, 0.5) is 0 Å². The summed E-state index contributed by atoms with van der Waals surface area (Å²) in [6, 6.07) is 1.74. The van der Waals surface area contributed by atoms with E-state index in [1.165, 1.54) is 0 Å². The fraction of sp³-hybridized carbons (Fsp3) is 0.556. The van der Waals surface area contributed by atoms with Gasteiger partial charge in [-0.05, 0) is 6.07 Å². The predicted molar refractivity (Wildman–Crippen MR) is 94.4 cm³/mol. The molecule has 9 heteroatoms. The standard InChI is InChI=1S/C18H23N5O4/c1-25-9-7-23-6-2-15(21-23)17(24)22-12-18(13-22)10-14(3-8-26-18)27-16-11-19-4-5-20-16/h2,4-6,11,14H,3,7-10,12-13H2,1H3/t14-/m0/s1. The summed E-state index contributed by atoms with van der Waals surface area (Å²) in [6.07, 6.45) is 8.18. The first-order chi connectivity index (χ1) is 13.2. The number of aromatic nitrogens is 4. The van der Waals surface area contributed by atoms with Crippen LogP contribution in [-0.4, -0.2) is 75.7 Å². The van der Waals surface area contributed by atoms with Gasteiger partial charge in [-0.3, -0.25) is 14.5 Å². The van der Waals surface area contributed by atoms with E-state index in [1.807, 2.05) is 0 Å². The summed E-state index contributed by atoms with van der Waals surface area (Å²) in [5, 5.41) is 4.32. The van der Waals surface area contributed by atoms with E-state index in [-0.39, 0.29) is 17.6 Å². The van der Waals surface area contributed by atoms with Gasteiger partial charge in [-0.1, -0.05) is 0 Å². The largest absolute Gasteiger partial charge is 0.473 e. The summed E-state index contributed by atoms with van der Waals surface area (Å²) in [5.41, 5.74) is 0.114. The van der Waals surface area contributed by atoms with E-state index in [1.54, 1.807) is 47.5 Å². The molecule has 0 unspecified atom stereocenters. The van der Waals surface area contributed by atoms with Crippen molar-refractivity contribution in [2.75, 3.05) is 33.4 Å². The molecule has 1 spiro atoms. The number of hydrogen-bond acceptors (Lipinski definition) is 7. The third-order valence-electron chi connectivity index (χ3n) is 4.90. The van der Waals surface area contributed by atoms with Crippen molar-refractivity contribution in [2.24, 2.45) is 0 Å². The van der Waals surface area contributed by atoms with Gasteiger partial charge in [0.25, 0.3) is 5.91 Å². The zero-order valence-electron chi connectivity index (χ0n) is 15.3. The normalized spacial score (nSPS) is 21.1. The first-order valence-corrected chi connectivity index (χ1v) is 9.06. The minimum Gasteiger partial charge on any atom is -0.473 e. The second kappa shape index (κ2) is 7.61. The molecule has 0 N–H and O–H groups in total. The summed E-state index contributed by atoms with van der Waals surface area (Å²) in [5.74, 6) is 0.450. The molecule has 2 aromatic rings. The lowest BCUT2D eigenvalue weighted by Crippen LogP contribution is -2.67. The molecule has 0 aromatic carbocycles. The van der Waals surface area contributed by atoms with Crippen LogP contribution in [0.2, 0.25) is 0 Å². The predicted octanol–water partition coefficient (Wildman–Crippen LogP) is 0.772. The molecule has 1 atom stereocenters. The molecular formula is C18H23N5O4. The zero-order chi connectivity index (χ0) is 18.7. The van der Waals surface area contributed by atoms with Crippen LogP contribution >= 0.6 is 0 Å². The lowest BCUT2D eigenvalue weighted by molar-refractivity contribution is -0.174. The highest BCUT2D eigenvalue weighted by atomic mass is 16.5. The number of likely N-dealkylation sites (tertiary alicyclic amines) is 1. The maximum absolute atomic E-state index is 12.6. The molecule has 4 rings (SSSR count). The SMILES string of the molecule is COCCn1ccc(C(=O)N2CC3(C[C@@H](Oc4cnccn4)CCO3)C2)n1. The molecular weight excluding hydrogens is 350 g/mol. The summed E-state index contributed by atoms with van der Waals surface area (Å²) in [4.78, 5) is 22.6. The Morgan fingerprint density at radius 1 is 1.41 bits per heavy atom. The van der Waals surface area contributed by atoms with Crippen molar-refractivity contribution in [3.63, 3.8) is 0 Å². The molecule has 0 radical (unpaired) electrons. The lowest BCUT2D eigenvalue weighted by Gasteiger charge is -2.52. The van der Waals surface area contributed by atoms with Crippen LogP contribution in [0.15, 0.2) is 30.9 Å². The van der Waals surface area contributed by atoms with Crippen LogP contribution in [0.3, 0.4) is 0 Å². The van der Waals surface area contributed by atoms with Gasteiger partial charge in [-0.2, -0.15) is 5.10 Å². The molecule has 2 fully saturated rings. The molecule has 0 saturated carbocycles. The number of nitrogens with zero attached hydrogens (tertiary/aromatic N) is 5. The molecule has 2 aliphatic heterocycles. The Balaban J connectivity index is 1.32. The first kappa shape index (κ1) is 17.9. The number of rotatable bonds is 6. The fourth-order valence-corrected chi connectivity index (χ4v) is 3.56. The number of hydrogen-bond donors (Lipinski definition) is 0. The van der Waals surface area contributed by atoms with Gasteiger partial charge in [0.05, 0.1) is 39.0 Å². The average Bonchev–Trinajstić information content (AvgIpc) is 3.14. The van der Waals surface area contributed by atoms with Gasteiger partial charge in [0.1, 0.15) is 17.4 Å². The maximum Gasteiger partial charge on any atom is 0.274 e. The van der Waals surface area contributed by atoms with Crippen molar-refractivity contribution >= 4 is 5.91 Å². The molecule has 2 aliphatic rings. The van der Waals surface area contributed by atoms with E-state index >= 15 is 0 Å². The highest BCUT2D eigenvalue weighted by molar-refractivity contribution is 5.93. The van der Waals surface area contributed by atoms with Crippen molar-refractivity contribution in [3.8, 4) is 5.88 Å². The fourth-order valence-electron chi connectivity index (χ4n) is 3.56. The Morgan fingerprint density at radius 3 is 3.07 bits per heavy atom. The van der Waals surface area contributed by atoms with Gasteiger partial charge in [0.2, 0.25) is 5.88 Å². The van der Waals surface area contributed by atoms with Gasteiger partial charge in [0, 0.05) is 38.5 Å². The van der Waals surface area contributed by atoms with Crippen molar-refractivity contribution in [2.45, 2.75) is 31.1 Å². The minimum atomic E-state index is -0.334. The van der Waals surface area contributed by atoms with E-state index in [0.717, 1.165) is 12.8 Å². The Morgan fingerprint density at radius 2 is 2.30 bits per heavy atom. The molecule has 0 aliphatic carbocycles. The van der Waals surface area contributed by atoms with E-state index < -0.39 is 0 Å². The first-order valence-electron chi connectivity index (χ1n) is 9.06. The average molecular weight is 373 g/mol. The van der Waals surface area contributed by atoms with Crippen LogP contribution in [0.5, 0.6) is 5.88 Å². The van der Waals surface area contributed by atoms with E-state index in [2.05, 4.69) is 15.1 Å². The van der Waals surface area contributed by atoms with Gasteiger partial charge >= 0.3 is 0 Å². The van der Waals surface area contributed by atoms with Crippen molar-refractivity contribution in [1.29, 1.82) is 0 Å². The number of amides is 1. The molecule has 27 heavy (non-hydrogen) atoms. The Labute approximate surface area is 157 Å². The molecule has 9 nitrogen and oxygen atoms in total. The summed E-state index contributed by atoms with van der Waals surface area (Å²) in [7, 11) is 1.64. The number of ether oxygens (including phenoxy) is 3. The molecule has 144 valence electrons. The topological polar surface area (TPSA) is 91.6 Å². The Kier molecular flexibility index (Phi) is 5.04. The third-order valence-corrected chi connectivity index (χ3v) is 4.90. The smallest absolute Gasteiger partial charge is 0.274 e. The molecule has 2 saturated heterocycles. The second-order valence-corrected chi connectivity index (χ2v) is 6.93. The van der Waals surface area contributed by atoms with Gasteiger partial charge < -0.3 is 19.1 Å². The third kappa shape index (κ3) is 3.93. The van der Waals surface area contributed by atoms with Crippen LogP contribution in [0.1, 0.15) is 23.3 Å². The highest BCUT2D eigenvalue weighted by Crippen LogP contribution is 2.36. The van der Waals surface area contributed by atoms with Gasteiger partial charge in [-0.15, -0.1) is 0 Å². The van der Waals surface area contributed by atoms with Crippen LogP contribution < -0.4 is 4.74 Å². The Bertz CT molecular complexity index is 775. The Hall–Kier alpha value is -2.52. The van der Waals surface area contributed by atoms with Crippen LogP contribution in [0, 0.1) is 0 Å². The van der Waals surface area contributed by atoms with E-state index in [9.17, 15) is 4.79 Å². The number of carbonyl (C=O) groups excluding carboxylic acids is 1. The highest BCUT2D eigenvalue weighted by Gasteiger charge is 2.50. The number of methoxy groups -OCH3 is 1. The van der Waals surface area contributed by atoms with Crippen molar-refractivity contribution in [3.05, 3.63) is 36.5 Å². The number of carbonyl (C=O) groups is 1. The lowest BCUT2D eigenvalue weighted by atomic mass is 9.84. The van der Waals surface area contributed by atoms with Crippen molar-refractivity contribution in [1.82, 2.24) is 24.6 Å². The quantitative estimate of drug-likeness (QED) is 0.739. The maximum atomic E-state index is 12.6. The second-order valence-electron chi connectivity index (χ2n) is 6.93. The molecule has 4 heterocycles. The zero-order valence-corrected chi connectivity index (χ0v) is 15.3. The van der Waals surface area contributed by atoms with Gasteiger partial charge in [0.15, 0.2) is 0 Å². The van der Waals surface area contributed by atoms with Crippen molar-refractivity contribution < 1.29 is 19.0 Å². The monoisotopic (exact) mass is 373 g/mol. The molecule has 1 amide bonds. The van der Waals surface area contributed by atoms with Crippen LogP contribution in [0.25, 0.3) is 0 Å².